The van der Waals surface area contributed by atoms with E-state index in [1.807, 2.05) is 7.05 Å². The van der Waals surface area contributed by atoms with E-state index >= 15 is 0 Å². The Morgan fingerprint density at radius 2 is 2.19 bits per heavy atom. The van der Waals surface area contributed by atoms with Gasteiger partial charge in [0.1, 0.15) is 11.2 Å². The third-order valence-electron chi connectivity index (χ3n) is 3.75. The van der Waals surface area contributed by atoms with Crippen LogP contribution in [0.15, 0.2) is 28.0 Å². The summed E-state index contributed by atoms with van der Waals surface area (Å²) in [5.41, 5.74) is 5.28. The van der Waals surface area contributed by atoms with Crippen LogP contribution in [0, 0.1) is 0 Å². The summed E-state index contributed by atoms with van der Waals surface area (Å²) in [4.78, 5) is 18.5. The van der Waals surface area contributed by atoms with Crippen LogP contribution in [0.5, 0.6) is 0 Å². The van der Waals surface area contributed by atoms with Crippen LogP contribution in [0.4, 0.5) is 0 Å². The van der Waals surface area contributed by atoms with Crippen molar-refractivity contribution in [1.29, 1.82) is 0 Å². The number of amidine groups is 1. The summed E-state index contributed by atoms with van der Waals surface area (Å²) in [7, 11) is 1.99. The fraction of sp³-hybridized carbons (Fsp3) is 0.462. The highest BCUT2D eigenvalue weighted by atomic mass is 79.9. The van der Waals surface area contributed by atoms with Crippen LogP contribution in [0.3, 0.4) is 0 Å². The number of hydrogen-bond donors (Lipinski definition) is 3. The lowest BCUT2D eigenvalue weighted by molar-refractivity contribution is 0.0881. The van der Waals surface area contributed by atoms with Gasteiger partial charge in [0.25, 0.3) is 5.91 Å². The second-order valence-corrected chi connectivity index (χ2v) is 6.10. The molecule has 1 amide bonds. The Kier molecular flexibility index (Phi) is 4.79. The molecule has 0 aromatic carbocycles. The molecule has 0 aliphatic carbocycles. The number of rotatable bonds is 3. The maximum Gasteiger partial charge on any atom is 0.270 e. The molecule has 2 heterocycles. The first-order valence-corrected chi connectivity index (χ1v) is 7.37. The largest absolute Gasteiger partial charge is 0.409 e. The number of carbonyl (C=O) groups excluding carboxylic acids is 1. The molecule has 7 nitrogen and oxygen atoms in total. The highest BCUT2D eigenvalue weighted by molar-refractivity contribution is 9.10. The number of oxime groups is 1. The molecule has 8 heteroatoms. The van der Waals surface area contributed by atoms with Gasteiger partial charge in [-0.05, 0) is 48.0 Å². The van der Waals surface area contributed by atoms with Crippen LogP contribution in [0.2, 0.25) is 0 Å². The van der Waals surface area contributed by atoms with Crippen molar-refractivity contribution in [3.63, 3.8) is 0 Å². The molecule has 2 rings (SSSR count). The number of aromatic nitrogens is 1. The standard InChI is InChI=1S/C13H18BrN5O2/c1-19-6-4-13(5-7-19,12(15)18-21)17-11(20)10-3-2-9(14)8-16-10/h2-3,8,21H,4-7H2,1H3,(H2,15,18)(H,17,20). The van der Waals surface area contributed by atoms with Crippen LogP contribution in [-0.2, 0) is 0 Å². The second kappa shape index (κ2) is 6.40. The molecule has 0 radical (unpaired) electrons. The number of nitrogens with two attached hydrogens (primary N) is 1. The van der Waals surface area contributed by atoms with E-state index < -0.39 is 5.54 Å². The SMILES string of the molecule is CN1CCC(NC(=O)c2ccc(Br)cn2)(C(N)=NO)CC1. The molecule has 1 saturated heterocycles. The molecule has 1 aromatic heterocycles. The zero-order chi connectivity index (χ0) is 15.5. The monoisotopic (exact) mass is 355 g/mol. The fourth-order valence-corrected chi connectivity index (χ4v) is 2.57. The fourth-order valence-electron chi connectivity index (χ4n) is 2.33. The number of amides is 1. The van der Waals surface area contributed by atoms with E-state index in [4.69, 9.17) is 10.9 Å². The molecule has 0 saturated carbocycles. The lowest BCUT2D eigenvalue weighted by Gasteiger charge is -2.40. The van der Waals surface area contributed by atoms with Crippen LogP contribution in [0.1, 0.15) is 23.3 Å². The van der Waals surface area contributed by atoms with Crippen molar-refractivity contribution in [1.82, 2.24) is 15.2 Å². The Morgan fingerprint density at radius 1 is 1.52 bits per heavy atom. The average molecular weight is 356 g/mol. The summed E-state index contributed by atoms with van der Waals surface area (Å²) in [6.45, 7) is 1.51. The maximum absolute atomic E-state index is 12.3. The second-order valence-electron chi connectivity index (χ2n) is 5.19. The van der Waals surface area contributed by atoms with Gasteiger partial charge in [-0.2, -0.15) is 0 Å². The Morgan fingerprint density at radius 3 is 2.71 bits per heavy atom. The predicted octanol–water partition coefficient (Wildman–Crippen LogP) is 0.785. The van der Waals surface area contributed by atoms with Crippen molar-refractivity contribution in [2.24, 2.45) is 10.9 Å². The van der Waals surface area contributed by atoms with E-state index in [-0.39, 0.29) is 11.7 Å². The van der Waals surface area contributed by atoms with Crippen LogP contribution >= 0.6 is 15.9 Å². The minimum atomic E-state index is -0.826. The lowest BCUT2D eigenvalue weighted by Crippen LogP contribution is -2.62. The first-order valence-electron chi connectivity index (χ1n) is 6.57. The van der Waals surface area contributed by atoms with Crippen LogP contribution in [-0.4, -0.2) is 52.5 Å². The third-order valence-corrected chi connectivity index (χ3v) is 4.22. The summed E-state index contributed by atoms with van der Waals surface area (Å²) < 4.78 is 0.796. The normalized spacial score (nSPS) is 19.2. The minimum Gasteiger partial charge on any atom is -0.409 e. The molecular weight excluding hydrogens is 338 g/mol. The van der Waals surface area contributed by atoms with Gasteiger partial charge in [0.05, 0.1) is 0 Å². The summed E-state index contributed by atoms with van der Waals surface area (Å²) in [6.07, 6.45) is 2.73. The van der Waals surface area contributed by atoms with Crippen molar-refractivity contribution >= 4 is 27.7 Å². The highest BCUT2D eigenvalue weighted by Gasteiger charge is 2.39. The molecule has 1 aliphatic rings. The molecule has 114 valence electrons. The number of nitrogens with zero attached hydrogens (tertiary/aromatic N) is 3. The molecule has 0 unspecified atom stereocenters. The zero-order valence-corrected chi connectivity index (χ0v) is 13.3. The molecule has 0 atom stereocenters. The molecule has 1 aliphatic heterocycles. The van der Waals surface area contributed by atoms with Gasteiger partial charge in [0, 0.05) is 23.8 Å². The lowest BCUT2D eigenvalue weighted by atomic mass is 9.86. The topological polar surface area (TPSA) is 104 Å². The van der Waals surface area contributed by atoms with Gasteiger partial charge in [0.15, 0.2) is 5.84 Å². The molecule has 4 N–H and O–H groups in total. The summed E-state index contributed by atoms with van der Waals surface area (Å²) in [5, 5.41) is 15.0. The summed E-state index contributed by atoms with van der Waals surface area (Å²) in [5.74, 6) is -0.306. The third kappa shape index (κ3) is 3.51. The van der Waals surface area contributed by atoms with Gasteiger partial charge in [-0.1, -0.05) is 5.16 Å². The van der Waals surface area contributed by atoms with Crippen LogP contribution < -0.4 is 11.1 Å². The van der Waals surface area contributed by atoms with Gasteiger partial charge in [-0.15, -0.1) is 0 Å². The Labute approximate surface area is 131 Å². The molecule has 0 bridgehead atoms. The minimum absolute atomic E-state index is 0.0288. The van der Waals surface area contributed by atoms with E-state index in [0.717, 1.165) is 17.6 Å². The number of halogens is 1. The summed E-state index contributed by atoms with van der Waals surface area (Å²) >= 11 is 3.27. The van der Waals surface area contributed by atoms with Crippen molar-refractivity contribution in [2.45, 2.75) is 18.4 Å². The number of hydrogen-bond acceptors (Lipinski definition) is 5. The number of nitrogens with one attached hydrogen (secondary N) is 1. The molecule has 1 aromatic rings. The predicted molar refractivity (Wildman–Crippen MR) is 82.3 cm³/mol. The highest BCUT2D eigenvalue weighted by Crippen LogP contribution is 2.22. The molecule has 0 spiro atoms. The number of carbonyl (C=O) groups is 1. The van der Waals surface area contributed by atoms with E-state index in [2.05, 4.69) is 36.3 Å². The maximum atomic E-state index is 12.3. The van der Waals surface area contributed by atoms with E-state index in [9.17, 15) is 4.79 Å². The zero-order valence-electron chi connectivity index (χ0n) is 11.7. The van der Waals surface area contributed by atoms with E-state index in [0.29, 0.717) is 18.5 Å². The average Bonchev–Trinajstić information content (AvgIpc) is 2.49. The van der Waals surface area contributed by atoms with Crippen molar-refractivity contribution in [2.75, 3.05) is 20.1 Å². The van der Waals surface area contributed by atoms with Crippen molar-refractivity contribution < 1.29 is 10.0 Å². The number of likely N-dealkylation sites (tertiary alicyclic amines) is 1. The molecule has 1 fully saturated rings. The Hall–Kier alpha value is -1.67. The quantitative estimate of drug-likeness (QED) is 0.321. The van der Waals surface area contributed by atoms with Gasteiger partial charge in [-0.3, -0.25) is 4.79 Å². The van der Waals surface area contributed by atoms with Gasteiger partial charge < -0.3 is 21.2 Å². The molecular formula is C13H18BrN5O2. The Bertz CT molecular complexity index is 538. The van der Waals surface area contributed by atoms with Gasteiger partial charge >= 0.3 is 0 Å². The first kappa shape index (κ1) is 15.7. The van der Waals surface area contributed by atoms with E-state index in [1.54, 1.807) is 18.3 Å². The Balaban J connectivity index is 2.19. The summed E-state index contributed by atoms with van der Waals surface area (Å²) in [6, 6.07) is 3.36. The molecule has 21 heavy (non-hydrogen) atoms. The number of piperidine rings is 1. The van der Waals surface area contributed by atoms with Crippen molar-refractivity contribution in [3.8, 4) is 0 Å². The van der Waals surface area contributed by atoms with Crippen molar-refractivity contribution in [3.05, 3.63) is 28.5 Å². The number of pyridine rings is 1. The first-order chi connectivity index (χ1) is 9.97. The smallest absolute Gasteiger partial charge is 0.270 e. The van der Waals surface area contributed by atoms with Gasteiger partial charge in [-0.25, -0.2) is 4.98 Å². The van der Waals surface area contributed by atoms with Gasteiger partial charge in [0.2, 0.25) is 0 Å². The van der Waals surface area contributed by atoms with Crippen LogP contribution in [0.25, 0.3) is 0 Å². The van der Waals surface area contributed by atoms with E-state index in [1.165, 1.54) is 0 Å².